The first-order chi connectivity index (χ1) is 15.4. The topological polar surface area (TPSA) is 83.1 Å². The smallest absolute Gasteiger partial charge is 0.399 e. The van der Waals surface area contributed by atoms with Gasteiger partial charge in [-0.15, -0.1) is 0 Å². The Morgan fingerprint density at radius 1 is 1.22 bits per heavy atom. The third-order valence-corrected chi connectivity index (χ3v) is 6.90. The van der Waals surface area contributed by atoms with E-state index in [4.69, 9.17) is 21.1 Å². The number of hydrogen-bond donors (Lipinski definition) is 2. The number of anilines is 2. The Morgan fingerprint density at radius 3 is 2.69 bits per heavy atom. The SMILES string of the molecule is Cc1cc(NC(=O)C2(NC(=O)Oc3ccc(Cl)s3)CCOC2)ccc1N1CCCCN1C. The highest BCUT2D eigenvalue weighted by Gasteiger charge is 2.44. The third-order valence-electron chi connectivity index (χ3n) is 5.79. The molecule has 0 aliphatic carbocycles. The van der Waals surface area contributed by atoms with Crippen molar-refractivity contribution in [1.82, 2.24) is 10.3 Å². The number of halogens is 1. The van der Waals surface area contributed by atoms with Gasteiger partial charge in [0.25, 0.3) is 5.91 Å². The van der Waals surface area contributed by atoms with Gasteiger partial charge < -0.3 is 25.1 Å². The van der Waals surface area contributed by atoms with Gasteiger partial charge in [0.2, 0.25) is 0 Å². The summed E-state index contributed by atoms with van der Waals surface area (Å²) >= 11 is 7.02. The van der Waals surface area contributed by atoms with Crippen LogP contribution >= 0.6 is 22.9 Å². The van der Waals surface area contributed by atoms with Gasteiger partial charge >= 0.3 is 6.09 Å². The minimum atomic E-state index is -1.20. The van der Waals surface area contributed by atoms with Crippen LogP contribution in [0.15, 0.2) is 30.3 Å². The first kappa shape index (κ1) is 22.8. The summed E-state index contributed by atoms with van der Waals surface area (Å²) in [6, 6.07) is 9.11. The number of nitrogens with zero attached hydrogens (tertiary/aromatic N) is 2. The van der Waals surface area contributed by atoms with E-state index in [9.17, 15) is 9.59 Å². The van der Waals surface area contributed by atoms with Gasteiger partial charge in [-0.05, 0) is 55.7 Å². The van der Waals surface area contributed by atoms with Crippen molar-refractivity contribution in [1.29, 1.82) is 0 Å². The molecule has 0 bridgehead atoms. The summed E-state index contributed by atoms with van der Waals surface area (Å²) in [5.41, 5.74) is 1.66. The standard InChI is InChI=1S/C22H27ClN4O4S/c1-15-13-16(5-6-17(15)27-11-4-3-10-26(27)2)24-20(28)22(9-12-30-14-22)25-21(29)31-19-8-7-18(23)32-19/h5-8,13H,3-4,9-12,14H2,1-2H3,(H,24,28)(H,25,29). The Kier molecular flexibility index (Phi) is 6.90. The molecule has 1 atom stereocenters. The number of benzene rings is 1. The summed E-state index contributed by atoms with van der Waals surface area (Å²) in [5.74, 6) is -0.335. The molecule has 2 saturated heterocycles. The van der Waals surface area contributed by atoms with Crippen LogP contribution in [0, 0.1) is 6.92 Å². The zero-order chi connectivity index (χ0) is 22.7. The molecule has 2 aliphatic heterocycles. The van der Waals surface area contributed by atoms with E-state index >= 15 is 0 Å². The molecule has 0 saturated carbocycles. The van der Waals surface area contributed by atoms with Gasteiger partial charge in [-0.1, -0.05) is 22.9 Å². The Bertz CT molecular complexity index is 992. The maximum absolute atomic E-state index is 13.2. The minimum Gasteiger partial charge on any atom is -0.399 e. The molecule has 4 rings (SSSR count). The average molecular weight is 479 g/mol. The number of ether oxygens (including phenoxy) is 2. The van der Waals surface area contributed by atoms with Gasteiger partial charge in [0, 0.05) is 38.9 Å². The molecule has 2 fully saturated rings. The van der Waals surface area contributed by atoms with Crippen LogP contribution in [0.3, 0.4) is 0 Å². The second-order valence-electron chi connectivity index (χ2n) is 8.12. The maximum atomic E-state index is 13.2. The fourth-order valence-corrected chi connectivity index (χ4v) is 4.91. The fraction of sp³-hybridized carbons (Fsp3) is 0.455. The predicted octanol–water partition coefficient (Wildman–Crippen LogP) is 4.04. The maximum Gasteiger partial charge on any atom is 0.414 e. The van der Waals surface area contributed by atoms with Gasteiger partial charge in [0.05, 0.1) is 16.6 Å². The van der Waals surface area contributed by atoms with E-state index in [0.29, 0.717) is 28.1 Å². The number of hydrogen-bond acceptors (Lipinski definition) is 7. The largest absolute Gasteiger partial charge is 0.414 e. The van der Waals surface area contributed by atoms with Crippen LogP contribution in [0.1, 0.15) is 24.8 Å². The van der Waals surface area contributed by atoms with Gasteiger partial charge in [-0.3, -0.25) is 4.79 Å². The van der Waals surface area contributed by atoms with Crippen molar-refractivity contribution in [3.05, 3.63) is 40.2 Å². The van der Waals surface area contributed by atoms with Crippen molar-refractivity contribution in [2.24, 2.45) is 0 Å². The quantitative estimate of drug-likeness (QED) is 0.674. The van der Waals surface area contributed by atoms with E-state index in [0.717, 1.165) is 42.1 Å². The summed E-state index contributed by atoms with van der Waals surface area (Å²) in [6.45, 7) is 4.49. The van der Waals surface area contributed by atoms with Crippen LogP contribution in [0.25, 0.3) is 0 Å². The van der Waals surface area contributed by atoms with Crippen molar-refractivity contribution >= 4 is 46.3 Å². The van der Waals surface area contributed by atoms with Gasteiger partial charge in [-0.2, -0.15) is 0 Å². The highest BCUT2D eigenvalue weighted by molar-refractivity contribution is 7.17. The Labute approximate surface area is 196 Å². The number of carbonyl (C=O) groups excluding carboxylic acids is 2. The van der Waals surface area contributed by atoms with Crippen molar-refractivity contribution in [2.75, 3.05) is 43.7 Å². The van der Waals surface area contributed by atoms with Crippen LogP contribution in [0.2, 0.25) is 4.34 Å². The lowest BCUT2D eigenvalue weighted by atomic mass is 9.97. The average Bonchev–Trinajstić information content (AvgIpc) is 3.38. The third kappa shape index (κ3) is 5.01. The Hall–Kier alpha value is -2.33. The highest BCUT2D eigenvalue weighted by Crippen LogP contribution is 2.30. The normalized spacial score (nSPS) is 21.4. The fourth-order valence-electron chi connectivity index (χ4n) is 4.04. The second-order valence-corrected chi connectivity index (χ2v) is 9.80. The number of carbonyl (C=O) groups is 2. The molecule has 2 aromatic rings. The van der Waals surface area contributed by atoms with Crippen molar-refractivity contribution in [3.8, 4) is 5.06 Å². The van der Waals surface area contributed by atoms with E-state index < -0.39 is 11.6 Å². The summed E-state index contributed by atoms with van der Waals surface area (Å²) in [5, 5.41) is 10.5. The molecular weight excluding hydrogens is 452 g/mol. The molecule has 0 radical (unpaired) electrons. The first-order valence-electron chi connectivity index (χ1n) is 10.6. The Morgan fingerprint density at radius 2 is 2.03 bits per heavy atom. The van der Waals surface area contributed by atoms with Crippen LogP contribution in [-0.4, -0.2) is 55.9 Å². The Balaban J connectivity index is 1.44. The molecule has 1 aromatic carbocycles. The highest BCUT2D eigenvalue weighted by atomic mass is 35.5. The summed E-state index contributed by atoms with van der Waals surface area (Å²) in [6.07, 6.45) is 1.99. The van der Waals surface area contributed by atoms with Gasteiger partial charge in [0.15, 0.2) is 5.06 Å². The zero-order valence-electron chi connectivity index (χ0n) is 18.2. The number of hydrazine groups is 1. The van der Waals surface area contributed by atoms with Crippen LogP contribution in [0.4, 0.5) is 16.2 Å². The molecule has 0 spiro atoms. The van der Waals surface area contributed by atoms with Crippen LogP contribution in [-0.2, 0) is 9.53 Å². The molecule has 2 aliphatic rings. The van der Waals surface area contributed by atoms with E-state index in [1.54, 1.807) is 12.1 Å². The number of amides is 2. The lowest BCUT2D eigenvalue weighted by molar-refractivity contribution is -0.122. The molecule has 2 amide bonds. The van der Waals surface area contributed by atoms with Gasteiger partial charge in [0.1, 0.15) is 5.54 Å². The molecular formula is C22H27ClN4O4S. The second kappa shape index (κ2) is 9.66. The molecule has 2 N–H and O–H groups in total. The number of aryl methyl sites for hydroxylation is 1. The predicted molar refractivity (Wildman–Crippen MR) is 126 cm³/mol. The monoisotopic (exact) mass is 478 g/mol. The van der Waals surface area contributed by atoms with Crippen LogP contribution < -0.4 is 20.4 Å². The van der Waals surface area contributed by atoms with Crippen LogP contribution in [0.5, 0.6) is 5.06 Å². The van der Waals surface area contributed by atoms with E-state index in [2.05, 4.69) is 27.7 Å². The minimum absolute atomic E-state index is 0.0781. The summed E-state index contributed by atoms with van der Waals surface area (Å²) < 4.78 is 11.2. The van der Waals surface area contributed by atoms with Crippen molar-refractivity contribution in [3.63, 3.8) is 0 Å². The van der Waals surface area contributed by atoms with Crippen molar-refractivity contribution in [2.45, 2.75) is 31.7 Å². The summed E-state index contributed by atoms with van der Waals surface area (Å²) in [7, 11) is 2.09. The molecule has 3 heterocycles. The molecule has 32 heavy (non-hydrogen) atoms. The molecule has 172 valence electrons. The molecule has 10 heteroatoms. The first-order valence-corrected chi connectivity index (χ1v) is 11.8. The number of thiophene rings is 1. The number of nitrogens with one attached hydrogen (secondary N) is 2. The van der Waals surface area contributed by atoms with E-state index in [1.165, 1.54) is 6.42 Å². The molecule has 1 aromatic heterocycles. The lowest BCUT2D eigenvalue weighted by Gasteiger charge is -2.38. The van der Waals surface area contributed by atoms with Gasteiger partial charge in [-0.25, -0.2) is 9.80 Å². The van der Waals surface area contributed by atoms with Crippen molar-refractivity contribution < 1.29 is 19.1 Å². The van der Waals surface area contributed by atoms with E-state index in [1.807, 2.05) is 25.1 Å². The molecule has 1 unspecified atom stereocenters. The zero-order valence-corrected chi connectivity index (χ0v) is 19.7. The lowest BCUT2D eigenvalue weighted by Crippen LogP contribution is -2.58. The van der Waals surface area contributed by atoms with E-state index in [-0.39, 0.29) is 12.5 Å². The molecule has 8 nitrogen and oxygen atoms in total. The summed E-state index contributed by atoms with van der Waals surface area (Å²) in [4.78, 5) is 25.6. The number of rotatable bonds is 5.